The summed E-state index contributed by atoms with van der Waals surface area (Å²) in [6.45, 7) is 2.10. The van der Waals surface area contributed by atoms with Crippen LogP contribution >= 0.6 is 0 Å². The molecule has 0 bridgehead atoms. The number of anilines is 1. The van der Waals surface area contributed by atoms with Gasteiger partial charge in [-0.15, -0.1) is 0 Å². The van der Waals surface area contributed by atoms with Crippen molar-refractivity contribution < 1.29 is 12.8 Å². The van der Waals surface area contributed by atoms with Gasteiger partial charge in [-0.3, -0.25) is 4.98 Å². The molecule has 0 amide bonds. The summed E-state index contributed by atoms with van der Waals surface area (Å²) in [4.78, 5) is 4.46. The minimum atomic E-state index is -3.49. The van der Waals surface area contributed by atoms with Crippen molar-refractivity contribution in [2.24, 2.45) is 0 Å². The highest BCUT2D eigenvalue weighted by molar-refractivity contribution is 7.89. The molecule has 0 fully saturated rings. The van der Waals surface area contributed by atoms with E-state index in [1.165, 1.54) is 44.6 Å². The van der Waals surface area contributed by atoms with E-state index in [0.717, 1.165) is 9.87 Å². The number of fused-ring (bicyclic) bond motifs is 1. The van der Waals surface area contributed by atoms with Gasteiger partial charge in [0.25, 0.3) is 0 Å². The van der Waals surface area contributed by atoms with E-state index in [2.05, 4.69) is 16.4 Å². The molecule has 1 N–H and O–H groups in total. The summed E-state index contributed by atoms with van der Waals surface area (Å²) in [6, 6.07) is 11.3. The van der Waals surface area contributed by atoms with Crippen LogP contribution < -0.4 is 5.32 Å². The third kappa shape index (κ3) is 3.67. The lowest BCUT2D eigenvalue weighted by molar-refractivity contribution is 0.520. The molecule has 0 aliphatic carbocycles. The number of sulfonamides is 1. The monoisotopic (exact) mass is 398 g/mol. The van der Waals surface area contributed by atoms with Crippen LogP contribution in [-0.2, 0) is 16.6 Å². The van der Waals surface area contributed by atoms with Gasteiger partial charge >= 0.3 is 0 Å². The highest BCUT2D eigenvalue weighted by Gasteiger charge is 2.17. The number of nitrogens with one attached hydrogen (secondary N) is 1. The topological polar surface area (TPSA) is 86.1 Å². The average molecular weight is 398 g/mol. The molecule has 1 heterocycles. The van der Waals surface area contributed by atoms with E-state index in [4.69, 9.17) is 0 Å². The van der Waals surface area contributed by atoms with Crippen LogP contribution in [0, 0.1) is 24.1 Å². The van der Waals surface area contributed by atoms with Crippen molar-refractivity contribution in [1.29, 1.82) is 5.26 Å². The van der Waals surface area contributed by atoms with Crippen molar-refractivity contribution in [2.45, 2.75) is 18.4 Å². The molecule has 144 valence electrons. The molecule has 0 radical (unpaired) electrons. The first-order valence-electron chi connectivity index (χ1n) is 8.48. The summed E-state index contributed by atoms with van der Waals surface area (Å²) >= 11 is 0. The molecule has 8 heteroatoms. The van der Waals surface area contributed by atoms with Crippen LogP contribution in [0.15, 0.2) is 47.5 Å². The van der Waals surface area contributed by atoms with Gasteiger partial charge in [-0.05, 0) is 42.3 Å². The smallest absolute Gasteiger partial charge is 0.242 e. The Balaban J connectivity index is 1.93. The number of nitrogens with zero attached hydrogens (tertiary/aromatic N) is 3. The molecule has 0 saturated carbocycles. The molecule has 0 aliphatic heterocycles. The Hall–Kier alpha value is -3.02. The lowest BCUT2D eigenvalue weighted by Crippen LogP contribution is -2.22. The lowest BCUT2D eigenvalue weighted by atomic mass is 10.1. The van der Waals surface area contributed by atoms with E-state index in [9.17, 15) is 18.1 Å². The molecule has 28 heavy (non-hydrogen) atoms. The van der Waals surface area contributed by atoms with Crippen LogP contribution in [0.3, 0.4) is 0 Å². The number of halogens is 1. The third-order valence-corrected chi connectivity index (χ3v) is 6.25. The summed E-state index contributed by atoms with van der Waals surface area (Å²) in [5.41, 5.74) is 2.93. The van der Waals surface area contributed by atoms with Crippen molar-refractivity contribution in [3.05, 3.63) is 65.1 Å². The van der Waals surface area contributed by atoms with Crippen molar-refractivity contribution in [2.75, 3.05) is 19.4 Å². The van der Waals surface area contributed by atoms with Crippen LogP contribution in [0.1, 0.15) is 16.7 Å². The third-order valence-electron chi connectivity index (χ3n) is 4.42. The number of aromatic nitrogens is 1. The molecule has 3 rings (SSSR count). The molecular weight excluding hydrogens is 379 g/mol. The van der Waals surface area contributed by atoms with E-state index in [-0.39, 0.29) is 4.90 Å². The van der Waals surface area contributed by atoms with Crippen molar-refractivity contribution in [1.82, 2.24) is 9.29 Å². The standard InChI is InChI=1S/C20H19FN4O2S/c1-13-8-16(21)9-18-19(13)24-12-15(10-22)20(18)23-11-14-4-6-17(7-5-14)28(26,27)25(2)3/h4-9,12H,11H2,1-3H3,(H,23,24). The van der Waals surface area contributed by atoms with Crippen molar-refractivity contribution in [3.63, 3.8) is 0 Å². The largest absolute Gasteiger partial charge is 0.379 e. The highest BCUT2D eigenvalue weighted by Crippen LogP contribution is 2.29. The van der Waals surface area contributed by atoms with Gasteiger partial charge in [0, 0.05) is 32.2 Å². The molecule has 0 spiro atoms. The fraction of sp³-hybridized carbons (Fsp3) is 0.200. The fourth-order valence-corrected chi connectivity index (χ4v) is 3.79. The van der Waals surface area contributed by atoms with Gasteiger partial charge in [-0.25, -0.2) is 17.1 Å². The summed E-state index contributed by atoms with van der Waals surface area (Å²) < 4.78 is 39.3. The molecule has 6 nitrogen and oxygen atoms in total. The zero-order valence-electron chi connectivity index (χ0n) is 15.7. The van der Waals surface area contributed by atoms with E-state index < -0.39 is 15.8 Å². The minimum absolute atomic E-state index is 0.200. The van der Waals surface area contributed by atoms with E-state index in [1.54, 1.807) is 19.1 Å². The Morgan fingerprint density at radius 3 is 2.50 bits per heavy atom. The number of benzene rings is 2. The van der Waals surface area contributed by atoms with E-state index in [1.807, 2.05) is 0 Å². The second kappa shape index (κ2) is 7.54. The predicted octanol–water partition coefficient (Wildman–Crippen LogP) is 3.42. The van der Waals surface area contributed by atoms with Gasteiger partial charge in [0.1, 0.15) is 11.9 Å². The molecule has 2 aromatic carbocycles. The average Bonchev–Trinajstić information content (AvgIpc) is 2.66. The molecule has 3 aromatic rings. The first-order chi connectivity index (χ1) is 13.2. The second-order valence-corrected chi connectivity index (χ2v) is 8.71. The zero-order chi connectivity index (χ0) is 20.5. The maximum Gasteiger partial charge on any atom is 0.242 e. The maximum absolute atomic E-state index is 13.9. The van der Waals surface area contributed by atoms with Crippen LogP contribution in [0.5, 0.6) is 0 Å². The van der Waals surface area contributed by atoms with Crippen LogP contribution in [0.25, 0.3) is 10.9 Å². The summed E-state index contributed by atoms with van der Waals surface area (Å²) in [5.74, 6) is -0.400. The Kier molecular flexibility index (Phi) is 5.31. The molecular formula is C20H19FN4O2S. The van der Waals surface area contributed by atoms with Gasteiger partial charge in [0.2, 0.25) is 10.0 Å². The normalized spacial score (nSPS) is 11.6. The van der Waals surface area contributed by atoms with Gasteiger partial charge < -0.3 is 5.32 Å². The van der Waals surface area contributed by atoms with Crippen LogP contribution in [0.2, 0.25) is 0 Å². The minimum Gasteiger partial charge on any atom is -0.379 e. The molecule has 0 aliphatic rings. The maximum atomic E-state index is 13.9. The molecule has 0 saturated heterocycles. The number of aryl methyl sites for hydroxylation is 1. The summed E-state index contributed by atoms with van der Waals surface area (Å²) in [5, 5.41) is 13.1. The number of pyridine rings is 1. The van der Waals surface area contributed by atoms with Gasteiger partial charge in [-0.1, -0.05) is 12.1 Å². The second-order valence-electron chi connectivity index (χ2n) is 6.56. The van der Waals surface area contributed by atoms with E-state index in [0.29, 0.717) is 34.3 Å². The quantitative estimate of drug-likeness (QED) is 0.712. The van der Waals surface area contributed by atoms with Gasteiger partial charge in [0.15, 0.2) is 0 Å². The zero-order valence-corrected chi connectivity index (χ0v) is 16.5. The van der Waals surface area contributed by atoms with Gasteiger partial charge in [-0.2, -0.15) is 5.26 Å². The number of hydrogen-bond donors (Lipinski definition) is 1. The van der Waals surface area contributed by atoms with Crippen molar-refractivity contribution >= 4 is 26.6 Å². The van der Waals surface area contributed by atoms with E-state index >= 15 is 0 Å². The Labute approximate surface area is 163 Å². The number of hydrogen-bond acceptors (Lipinski definition) is 5. The SMILES string of the molecule is Cc1cc(F)cc2c(NCc3ccc(S(=O)(=O)N(C)C)cc3)c(C#N)cnc12. The Morgan fingerprint density at radius 1 is 1.21 bits per heavy atom. The van der Waals surface area contributed by atoms with Gasteiger partial charge in [0.05, 0.1) is 21.7 Å². The molecule has 1 aromatic heterocycles. The Bertz CT molecular complexity index is 1180. The van der Waals surface area contributed by atoms with Crippen LogP contribution in [0.4, 0.5) is 10.1 Å². The fourth-order valence-electron chi connectivity index (χ4n) is 2.89. The molecule has 0 unspecified atom stereocenters. The summed E-state index contributed by atoms with van der Waals surface area (Å²) in [7, 11) is -0.538. The Morgan fingerprint density at radius 2 is 1.89 bits per heavy atom. The highest BCUT2D eigenvalue weighted by atomic mass is 32.2. The first kappa shape index (κ1) is 19.7. The number of nitriles is 1. The summed E-state index contributed by atoms with van der Waals surface area (Å²) in [6.07, 6.45) is 1.46. The van der Waals surface area contributed by atoms with Crippen LogP contribution in [-0.4, -0.2) is 31.8 Å². The molecule has 0 atom stereocenters. The number of rotatable bonds is 5. The predicted molar refractivity (Wildman–Crippen MR) is 106 cm³/mol. The first-order valence-corrected chi connectivity index (χ1v) is 9.92. The van der Waals surface area contributed by atoms with Crippen molar-refractivity contribution in [3.8, 4) is 6.07 Å². The lowest BCUT2D eigenvalue weighted by Gasteiger charge is -2.14.